The number of hydrogen-bond donors (Lipinski definition) is 2. The lowest BCUT2D eigenvalue weighted by Gasteiger charge is -2.36. The summed E-state index contributed by atoms with van der Waals surface area (Å²) in [6.07, 6.45) is 2.69. The molecule has 6 heteroatoms. The summed E-state index contributed by atoms with van der Waals surface area (Å²) in [6, 6.07) is 11.6. The maximum absolute atomic E-state index is 13.1. The molecule has 0 radical (unpaired) electrons. The van der Waals surface area contributed by atoms with Gasteiger partial charge in [-0.3, -0.25) is 9.59 Å². The number of aliphatic hydroxyl groups is 1. The second-order valence-electron chi connectivity index (χ2n) is 6.98. The maximum atomic E-state index is 13.1. The minimum atomic E-state index is -0.276. The van der Waals surface area contributed by atoms with Gasteiger partial charge < -0.3 is 19.8 Å². The van der Waals surface area contributed by atoms with Crippen LogP contribution in [0.1, 0.15) is 52.5 Å². The molecule has 1 aliphatic heterocycles. The van der Waals surface area contributed by atoms with Crippen LogP contribution in [-0.2, 0) is 6.61 Å². The normalized spacial score (nSPS) is 16.6. The number of aliphatic hydroxyl groups excluding tert-OH is 1. The average molecular weight is 383 g/mol. The van der Waals surface area contributed by atoms with Crippen molar-refractivity contribution >= 4 is 11.7 Å². The molecule has 1 aliphatic rings. The van der Waals surface area contributed by atoms with Gasteiger partial charge in [0.2, 0.25) is 0 Å². The van der Waals surface area contributed by atoms with Gasteiger partial charge in [-0.1, -0.05) is 24.3 Å². The van der Waals surface area contributed by atoms with Crippen LogP contribution in [0.15, 0.2) is 42.5 Å². The van der Waals surface area contributed by atoms with E-state index in [1.165, 1.54) is 13.0 Å². The topological polar surface area (TPSA) is 87.1 Å². The first-order valence-electron chi connectivity index (χ1n) is 9.48. The Hall–Kier alpha value is -2.86. The number of likely N-dealkylation sites (tertiary alicyclic amines) is 1. The van der Waals surface area contributed by atoms with Gasteiger partial charge in [0.1, 0.15) is 23.7 Å². The molecule has 1 atom stereocenters. The fourth-order valence-electron chi connectivity index (χ4n) is 3.64. The number of rotatable bonds is 6. The van der Waals surface area contributed by atoms with Crippen LogP contribution in [0.5, 0.6) is 11.5 Å². The van der Waals surface area contributed by atoms with E-state index < -0.39 is 0 Å². The molecule has 0 saturated carbocycles. The van der Waals surface area contributed by atoms with Crippen molar-refractivity contribution in [1.29, 1.82) is 0 Å². The minimum absolute atomic E-state index is 0.113. The molecule has 1 saturated heterocycles. The van der Waals surface area contributed by atoms with E-state index in [0.717, 1.165) is 19.3 Å². The van der Waals surface area contributed by atoms with Crippen LogP contribution in [0.4, 0.5) is 0 Å². The van der Waals surface area contributed by atoms with Gasteiger partial charge in [-0.25, -0.2) is 0 Å². The number of phenolic OH excluding ortho intramolecular Hbond substituents is 1. The zero-order chi connectivity index (χ0) is 20.1. The molecule has 1 fully saturated rings. The highest BCUT2D eigenvalue weighted by Crippen LogP contribution is 2.29. The summed E-state index contributed by atoms with van der Waals surface area (Å²) < 4.78 is 5.87. The molecule has 0 unspecified atom stereocenters. The van der Waals surface area contributed by atoms with Crippen LogP contribution in [0, 0.1) is 0 Å². The van der Waals surface area contributed by atoms with Crippen molar-refractivity contribution in [3.8, 4) is 11.5 Å². The van der Waals surface area contributed by atoms with Gasteiger partial charge in [0.05, 0.1) is 12.6 Å². The first-order chi connectivity index (χ1) is 13.5. The van der Waals surface area contributed by atoms with Gasteiger partial charge in [0.25, 0.3) is 5.91 Å². The van der Waals surface area contributed by atoms with Crippen molar-refractivity contribution in [2.45, 2.75) is 38.8 Å². The Morgan fingerprint density at radius 1 is 1.14 bits per heavy atom. The van der Waals surface area contributed by atoms with Crippen molar-refractivity contribution in [3.63, 3.8) is 0 Å². The van der Waals surface area contributed by atoms with E-state index in [9.17, 15) is 19.8 Å². The summed E-state index contributed by atoms with van der Waals surface area (Å²) in [6.45, 7) is 2.04. The molecule has 3 rings (SSSR count). The number of aromatic hydroxyl groups is 1. The van der Waals surface area contributed by atoms with Gasteiger partial charge in [0, 0.05) is 12.1 Å². The molecule has 0 aromatic heterocycles. The quantitative estimate of drug-likeness (QED) is 0.748. The Balaban J connectivity index is 1.79. The standard InChI is InChI=1S/C22H25NO5/c1-15(25)21-19(26)10-6-11-20(21)28-14-17-8-4-5-12-23(17)22(27)18-9-3-2-7-16(18)13-24/h2-3,6-7,9-11,17,24,26H,4-5,8,12-14H2,1H3/t17-/m0/s1. The van der Waals surface area contributed by atoms with Crippen molar-refractivity contribution in [1.82, 2.24) is 4.90 Å². The van der Waals surface area contributed by atoms with E-state index in [1.54, 1.807) is 41.3 Å². The lowest BCUT2D eigenvalue weighted by Crippen LogP contribution is -2.47. The number of phenols is 1. The summed E-state index contributed by atoms with van der Waals surface area (Å²) in [5.41, 5.74) is 1.25. The molecule has 28 heavy (non-hydrogen) atoms. The summed E-state index contributed by atoms with van der Waals surface area (Å²) in [7, 11) is 0. The van der Waals surface area contributed by atoms with Gasteiger partial charge >= 0.3 is 0 Å². The largest absolute Gasteiger partial charge is 0.507 e. The van der Waals surface area contributed by atoms with Crippen molar-refractivity contribution in [2.75, 3.05) is 13.2 Å². The molecule has 2 aromatic rings. The lowest BCUT2D eigenvalue weighted by atomic mass is 9.99. The van der Waals surface area contributed by atoms with Crippen LogP contribution in [0.3, 0.4) is 0 Å². The number of ketones is 1. The van der Waals surface area contributed by atoms with Gasteiger partial charge in [-0.2, -0.15) is 0 Å². The SMILES string of the molecule is CC(=O)c1c(O)cccc1OC[C@@H]1CCCCN1C(=O)c1ccccc1CO. The number of carbonyl (C=O) groups excluding carboxylic acids is 2. The van der Waals surface area contributed by atoms with Crippen LogP contribution in [-0.4, -0.2) is 46.0 Å². The zero-order valence-corrected chi connectivity index (χ0v) is 15.9. The lowest BCUT2D eigenvalue weighted by molar-refractivity contribution is 0.0523. The van der Waals surface area contributed by atoms with Gasteiger partial charge in [0.15, 0.2) is 5.78 Å². The summed E-state index contributed by atoms with van der Waals surface area (Å²) in [4.78, 5) is 26.7. The molecular weight excluding hydrogens is 358 g/mol. The molecule has 1 amide bonds. The third-order valence-corrected chi connectivity index (χ3v) is 5.09. The zero-order valence-electron chi connectivity index (χ0n) is 15.9. The monoisotopic (exact) mass is 383 g/mol. The van der Waals surface area contributed by atoms with Crippen molar-refractivity contribution in [3.05, 3.63) is 59.2 Å². The highest BCUT2D eigenvalue weighted by atomic mass is 16.5. The molecule has 6 nitrogen and oxygen atoms in total. The Morgan fingerprint density at radius 2 is 1.93 bits per heavy atom. The first-order valence-corrected chi connectivity index (χ1v) is 9.48. The van der Waals surface area contributed by atoms with E-state index in [2.05, 4.69) is 0 Å². The van der Waals surface area contributed by atoms with Crippen LogP contribution >= 0.6 is 0 Å². The third kappa shape index (κ3) is 4.17. The number of amides is 1. The molecular formula is C22H25NO5. The molecule has 148 valence electrons. The second kappa shape index (κ2) is 8.89. The maximum Gasteiger partial charge on any atom is 0.254 e. The van der Waals surface area contributed by atoms with Crippen molar-refractivity contribution < 1.29 is 24.5 Å². The molecule has 0 spiro atoms. The van der Waals surface area contributed by atoms with Crippen LogP contribution in [0.2, 0.25) is 0 Å². The van der Waals surface area contributed by atoms with Gasteiger partial charge in [-0.05, 0) is 49.9 Å². The number of carbonyl (C=O) groups is 2. The van der Waals surface area contributed by atoms with Crippen LogP contribution in [0.25, 0.3) is 0 Å². The van der Waals surface area contributed by atoms with E-state index in [0.29, 0.717) is 23.4 Å². The minimum Gasteiger partial charge on any atom is -0.507 e. The molecule has 2 aromatic carbocycles. The number of Topliss-reactive ketones (excluding diaryl/α,β-unsaturated/α-hetero) is 1. The number of benzene rings is 2. The fourth-order valence-corrected chi connectivity index (χ4v) is 3.64. The smallest absolute Gasteiger partial charge is 0.254 e. The van der Waals surface area contributed by atoms with E-state index >= 15 is 0 Å². The molecule has 0 aliphatic carbocycles. The Kier molecular flexibility index (Phi) is 6.31. The van der Waals surface area contributed by atoms with E-state index in [-0.39, 0.29) is 42.3 Å². The first kappa shape index (κ1) is 19.9. The van der Waals surface area contributed by atoms with Crippen molar-refractivity contribution in [2.24, 2.45) is 0 Å². The predicted molar refractivity (Wildman–Crippen MR) is 105 cm³/mol. The Labute approximate surface area is 164 Å². The number of hydrogen-bond acceptors (Lipinski definition) is 5. The Bertz CT molecular complexity index is 864. The fraction of sp³-hybridized carbons (Fsp3) is 0.364. The summed E-state index contributed by atoms with van der Waals surface area (Å²) in [5, 5.41) is 19.5. The van der Waals surface area contributed by atoms with Crippen LogP contribution < -0.4 is 4.74 Å². The highest BCUT2D eigenvalue weighted by Gasteiger charge is 2.29. The highest BCUT2D eigenvalue weighted by molar-refractivity contribution is 5.99. The molecule has 1 heterocycles. The molecule has 2 N–H and O–H groups in total. The second-order valence-corrected chi connectivity index (χ2v) is 6.98. The number of ether oxygens (including phenoxy) is 1. The van der Waals surface area contributed by atoms with E-state index in [1.807, 2.05) is 0 Å². The molecule has 0 bridgehead atoms. The number of nitrogens with zero attached hydrogens (tertiary/aromatic N) is 1. The predicted octanol–water partition coefficient (Wildman–Crippen LogP) is 3.16. The summed E-state index contributed by atoms with van der Waals surface area (Å²) >= 11 is 0. The average Bonchev–Trinajstić information content (AvgIpc) is 2.71. The summed E-state index contributed by atoms with van der Waals surface area (Å²) in [5.74, 6) is -0.193. The van der Waals surface area contributed by atoms with Gasteiger partial charge in [-0.15, -0.1) is 0 Å². The third-order valence-electron chi connectivity index (χ3n) is 5.09. The van der Waals surface area contributed by atoms with E-state index in [4.69, 9.17) is 4.74 Å². The number of piperidine rings is 1. The Morgan fingerprint density at radius 3 is 2.68 bits per heavy atom.